The molecule has 4 atom stereocenters. The number of hydrogen-bond acceptors (Lipinski definition) is 3. The first-order valence-electron chi connectivity index (χ1n) is 10.4. The van der Waals surface area contributed by atoms with Gasteiger partial charge in [-0.3, -0.25) is 9.48 Å². The summed E-state index contributed by atoms with van der Waals surface area (Å²) in [5, 5.41) is 4.25. The molecule has 0 bridgehead atoms. The van der Waals surface area contributed by atoms with Crippen LogP contribution in [0.2, 0.25) is 0 Å². The average molecular weight is 377 g/mol. The quantitative estimate of drug-likeness (QED) is 0.723. The number of nitrogens with zero attached hydrogens (tertiary/aromatic N) is 2. The lowest BCUT2D eigenvalue weighted by atomic mass is 9.55. The van der Waals surface area contributed by atoms with Gasteiger partial charge in [-0.15, -0.1) is 0 Å². The minimum Gasteiger partial charge on any atom is -0.497 e. The van der Waals surface area contributed by atoms with Gasteiger partial charge in [0.1, 0.15) is 5.75 Å². The SMILES string of the molecule is COc1ccc2c(c1)CC[C@H]1[C@@H]2CC[C@@]2(C)C(=O)/C(=C/c3cnn(C)c3)C[C@@H]12. The molecule has 3 aliphatic rings. The first-order valence-corrected chi connectivity index (χ1v) is 10.4. The fourth-order valence-corrected chi connectivity index (χ4v) is 6.20. The van der Waals surface area contributed by atoms with E-state index in [0.29, 0.717) is 23.5 Å². The van der Waals surface area contributed by atoms with Gasteiger partial charge in [-0.1, -0.05) is 13.0 Å². The fraction of sp³-hybridized carbons (Fsp3) is 0.500. The number of ether oxygens (including phenoxy) is 1. The number of aromatic nitrogens is 2. The zero-order valence-electron chi connectivity index (χ0n) is 16.9. The monoisotopic (exact) mass is 376 g/mol. The highest BCUT2D eigenvalue weighted by Crippen LogP contribution is 2.60. The third-order valence-corrected chi connectivity index (χ3v) is 7.64. The number of carbonyl (C=O) groups excluding carboxylic acids is 1. The first kappa shape index (κ1) is 17.7. The van der Waals surface area contributed by atoms with Crippen molar-refractivity contribution in [1.29, 1.82) is 0 Å². The number of fused-ring (bicyclic) bond motifs is 5. The number of Topliss-reactive ketones (excluding diaryl/α,β-unsaturated/α-hetero) is 1. The van der Waals surface area contributed by atoms with E-state index in [0.717, 1.165) is 42.6 Å². The maximum Gasteiger partial charge on any atom is 0.165 e. The van der Waals surface area contributed by atoms with E-state index >= 15 is 0 Å². The molecular weight excluding hydrogens is 348 g/mol. The molecule has 1 aromatic carbocycles. The number of methoxy groups -OCH3 is 1. The molecule has 0 N–H and O–H groups in total. The summed E-state index contributed by atoms with van der Waals surface area (Å²) in [7, 11) is 3.65. The van der Waals surface area contributed by atoms with E-state index in [1.807, 2.05) is 19.4 Å². The minimum absolute atomic E-state index is 0.195. The van der Waals surface area contributed by atoms with Crippen LogP contribution in [0.15, 0.2) is 36.2 Å². The Hall–Kier alpha value is -2.36. The van der Waals surface area contributed by atoms with Gasteiger partial charge in [0.15, 0.2) is 5.78 Å². The highest BCUT2D eigenvalue weighted by molar-refractivity contribution is 6.05. The molecule has 4 nitrogen and oxygen atoms in total. The van der Waals surface area contributed by atoms with Crippen LogP contribution < -0.4 is 4.74 Å². The summed E-state index contributed by atoms with van der Waals surface area (Å²) in [5.74, 6) is 2.97. The van der Waals surface area contributed by atoms with Crippen molar-refractivity contribution in [3.8, 4) is 5.75 Å². The molecule has 0 saturated heterocycles. The fourth-order valence-electron chi connectivity index (χ4n) is 6.20. The van der Waals surface area contributed by atoms with E-state index in [2.05, 4.69) is 36.3 Å². The topological polar surface area (TPSA) is 44.1 Å². The van der Waals surface area contributed by atoms with Gasteiger partial charge in [0.05, 0.1) is 13.3 Å². The lowest BCUT2D eigenvalue weighted by Gasteiger charge is -2.48. The first-order chi connectivity index (χ1) is 13.5. The Labute approximate surface area is 166 Å². The second-order valence-corrected chi connectivity index (χ2v) is 9.09. The van der Waals surface area contributed by atoms with Crippen molar-refractivity contribution >= 4 is 11.9 Å². The Morgan fingerprint density at radius 3 is 2.93 bits per heavy atom. The van der Waals surface area contributed by atoms with Crippen LogP contribution in [0.5, 0.6) is 5.75 Å². The molecule has 0 spiro atoms. The largest absolute Gasteiger partial charge is 0.497 e. The summed E-state index contributed by atoms with van der Waals surface area (Å²) >= 11 is 0. The lowest BCUT2D eigenvalue weighted by molar-refractivity contribution is -0.127. The zero-order valence-corrected chi connectivity index (χ0v) is 16.9. The molecule has 3 aliphatic carbocycles. The van der Waals surface area contributed by atoms with Crippen LogP contribution >= 0.6 is 0 Å². The van der Waals surface area contributed by atoms with Crippen molar-refractivity contribution in [1.82, 2.24) is 9.78 Å². The predicted octanol–water partition coefficient (Wildman–Crippen LogP) is 4.55. The predicted molar refractivity (Wildman–Crippen MR) is 109 cm³/mol. The van der Waals surface area contributed by atoms with Gasteiger partial charge in [-0.05, 0) is 84.8 Å². The number of aryl methyl sites for hydroxylation is 2. The van der Waals surface area contributed by atoms with Crippen LogP contribution in [0.4, 0.5) is 0 Å². The summed E-state index contributed by atoms with van der Waals surface area (Å²) in [5.41, 5.74) is 4.78. The second-order valence-electron chi connectivity index (χ2n) is 9.09. The van der Waals surface area contributed by atoms with E-state index in [-0.39, 0.29) is 5.41 Å². The maximum atomic E-state index is 13.4. The highest BCUT2D eigenvalue weighted by Gasteiger charge is 2.56. The molecule has 2 fully saturated rings. The van der Waals surface area contributed by atoms with Crippen LogP contribution in [-0.4, -0.2) is 22.7 Å². The number of rotatable bonds is 2. The molecule has 28 heavy (non-hydrogen) atoms. The van der Waals surface area contributed by atoms with Crippen LogP contribution in [0.1, 0.15) is 55.2 Å². The number of hydrogen-bond donors (Lipinski definition) is 0. The summed E-state index contributed by atoms with van der Waals surface area (Å²) in [6.45, 7) is 2.23. The van der Waals surface area contributed by atoms with Crippen LogP contribution in [-0.2, 0) is 18.3 Å². The molecule has 1 aromatic heterocycles. The van der Waals surface area contributed by atoms with E-state index < -0.39 is 0 Å². The Balaban J connectivity index is 1.48. The van der Waals surface area contributed by atoms with Gasteiger partial charge in [0.2, 0.25) is 0 Å². The van der Waals surface area contributed by atoms with Crippen molar-refractivity contribution in [2.45, 2.75) is 44.9 Å². The molecule has 1 heterocycles. The summed E-state index contributed by atoms with van der Waals surface area (Å²) in [6.07, 6.45) is 11.2. The van der Waals surface area contributed by atoms with E-state index in [4.69, 9.17) is 4.74 Å². The molecule has 0 unspecified atom stereocenters. The minimum atomic E-state index is -0.195. The van der Waals surface area contributed by atoms with Crippen molar-refractivity contribution < 1.29 is 9.53 Å². The number of carbonyl (C=O) groups is 1. The molecule has 0 radical (unpaired) electrons. The van der Waals surface area contributed by atoms with E-state index in [1.165, 1.54) is 17.5 Å². The Kier molecular flexibility index (Phi) is 4.01. The molecule has 0 aliphatic heterocycles. The lowest BCUT2D eigenvalue weighted by Crippen LogP contribution is -2.42. The third-order valence-electron chi connectivity index (χ3n) is 7.64. The standard InChI is InChI=1S/C24H28N2O2/c1-24-9-8-20-19-7-5-18(28-3)11-16(19)4-6-21(20)22(24)12-17(23(24)27)10-15-13-25-26(2)14-15/h5,7,10-11,13-14,20-22H,4,6,8-9,12H2,1-3H3/b17-10+/t20-,21+,22+,24-/m1/s1. The highest BCUT2D eigenvalue weighted by atomic mass is 16.5. The summed E-state index contributed by atoms with van der Waals surface area (Å²) < 4.78 is 7.22. The van der Waals surface area contributed by atoms with E-state index in [1.54, 1.807) is 11.8 Å². The third kappa shape index (κ3) is 2.57. The van der Waals surface area contributed by atoms with Gasteiger partial charge >= 0.3 is 0 Å². The van der Waals surface area contributed by atoms with Crippen molar-refractivity contribution in [2.75, 3.05) is 7.11 Å². The molecule has 2 saturated carbocycles. The van der Waals surface area contributed by atoms with Gasteiger partial charge < -0.3 is 4.74 Å². The van der Waals surface area contributed by atoms with Gasteiger partial charge in [-0.2, -0.15) is 5.10 Å². The second kappa shape index (κ2) is 6.33. The number of ketones is 1. The number of benzene rings is 1. The Morgan fingerprint density at radius 2 is 2.18 bits per heavy atom. The molecular formula is C24H28N2O2. The Morgan fingerprint density at radius 1 is 1.32 bits per heavy atom. The summed E-state index contributed by atoms with van der Waals surface area (Å²) in [4.78, 5) is 13.4. The number of allylic oxidation sites excluding steroid dienone is 1. The van der Waals surface area contributed by atoms with Crippen LogP contribution in [0.3, 0.4) is 0 Å². The normalized spacial score (nSPS) is 32.8. The zero-order chi connectivity index (χ0) is 19.5. The van der Waals surface area contributed by atoms with Crippen molar-refractivity contribution in [3.05, 3.63) is 52.9 Å². The average Bonchev–Trinajstić information content (AvgIpc) is 3.22. The van der Waals surface area contributed by atoms with Crippen LogP contribution in [0, 0.1) is 17.3 Å². The smallest absolute Gasteiger partial charge is 0.165 e. The summed E-state index contributed by atoms with van der Waals surface area (Å²) in [6, 6.07) is 6.59. The molecule has 146 valence electrons. The maximum absolute atomic E-state index is 13.4. The van der Waals surface area contributed by atoms with Gasteiger partial charge in [0, 0.05) is 24.2 Å². The van der Waals surface area contributed by atoms with E-state index in [9.17, 15) is 4.79 Å². The van der Waals surface area contributed by atoms with Gasteiger partial charge in [0.25, 0.3) is 0 Å². The van der Waals surface area contributed by atoms with Crippen LogP contribution in [0.25, 0.3) is 6.08 Å². The molecule has 4 heteroatoms. The molecule has 2 aromatic rings. The van der Waals surface area contributed by atoms with Gasteiger partial charge in [-0.25, -0.2) is 0 Å². The molecule has 0 amide bonds. The molecule has 5 rings (SSSR count). The van der Waals surface area contributed by atoms with Crippen molar-refractivity contribution in [3.63, 3.8) is 0 Å². The van der Waals surface area contributed by atoms with Crippen molar-refractivity contribution in [2.24, 2.45) is 24.3 Å². The Bertz CT molecular complexity index is 973.